The van der Waals surface area contributed by atoms with Gasteiger partial charge >= 0.3 is 0 Å². The van der Waals surface area contributed by atoms with Gasteiger partial charge in [-0.3, -0.25) is 0 Å². The molecule has 1 unspecified atom stereocenters. The van der Waals surface area contributed by atoms with Crippen molar-refractivity contribution in [2.75, 3.05) is 0 Å². The normalized spacial score (nSPS) is 15.4. The maximum atomic E-state index is 4.51. The van der Waals surface area contributed by atoms with Crippen LogP contribution in [0, 0.1) is 0 Å². The molecule has 122 valence electrons. The highest BCUT2D eigenvalue weighted by atomic mass is 32.2. The monoisotopic (exact) mass is 335 g/mol. The van der Waals surface area contributed by atoms with E-state index in [4.69, 9.17) is 0 Å². The zero-order chi connectivity index (χ0) is 16.4. The summed E-state index contributed by atoms with van der Waals surface area (Å²) >= 11 is 1.80. The fourth-order valence-electron chi connectivity index (χ4n) is 2.90. The van der Waals surface area contributed by atoms with Crippen LogP contribution >= 0.6 is 11.8 Å². The minimum absolute atomic E-state index is 0.358. The molecule has 4 heteroatoms. The second-order valence-corrected chi connectivity index (χ2v) is 7.67. The first kappa shape index (κ1) is 15.5. The van der Waals surface area contributed by atoms with Crippen LogP contribution < -0.4 is 0 Å². The molecule has 1 atom stereocenters. The van der Waals surface area contributed by atoms with Crippen LogP contribution in [0.5, 0.6) is 0 Å². The van der Waals surface area contributed by atoms with E-state index in [2.05, 4.69) is 82.4 Å². The number of hydrogen-bond donors (Lipinski definition) is 0. The molecule has 0 N–H and O–H groups in total. The van der Waals surface area contributed by atoms with Gasteiger partial charge in [0.25, 0.3) is 0 Å². The molecule has 1 saturated carbocycles. The standard InChI is InChI=1S/C20H21N3S/c1-15(17-10-6-3-7-11-17)24-20-22-21-19(18-12-13-18)23(20)14-16-8-4-2-5-9-16/h2-11,15,18H,12-14H2,1H3. The van der Waals surface area contributed by atoms with Crippen LogP contribution in [-0.2, 0) is 6.54 Å². The molecule has 0 saturated heterocycles. The van der Waals surface area contributed by atoms with Crippen LogP contribution in [0.25, 0.3) is 0 Å². The van der Waals surface area contributed by atoms with Crippen molar-refractivity contribution in [2.45, 2.75) is 42.6 Å². The Labute approximate surface area is 147 Å². The van der Waals surface area contributed by atoms with Gasteiger partial charge in [0, 0.05) is 11.2 Å². The highest BCUT2D eigenvalue weighted by Crippen LogP contribution is 2.42. The molecule has 1 fully saturated rings. The summed E-state index contributed by atoms with van der Waals surface area (Å²) in [5.41, 5.74) is 2.62. The predicted octanol–water partition coefficient (Wildman–Crippen LogP) is 5.06. The summed E-state index contributed by atoms with van der Waals surface area (Å²) in [6.07, 6.45) is 2.48. The maximum Gasteiger partial charge on any atom is 0.192 e. The molecule has 24 heavy (non-hydrogen) atoms. The highest BCUT2D eigenvalue weighted by molar-refractivity contribution is 7.99. The fourth-order valence-corrected chi connectivity index (χ4v) is 3.88. The number of benzene rings is 2. The van der Waals surface area contributed by atoms with E-state index in [1.54, 1.807) is 11.8 Å². The highest BCUT2D eigenvalue weighted by Gasteiger charge is 2.30. The minimum atomic E-state index is 0.358. The van der Waals surface area contributed by atoms with E-state index in [-0.39, 0.29) is 0 Å². The largest absolute Gasteiger partial charge is 0.301 e. The third-order valence-corrected chi connectivity index (χ3v) is 5.56. The lowest BCUT2D eigenvalue weighted by Crippen LogP contribution is -2.06. The van der Waals surface area contributed by atoms with Crippen molar-refractivity contribution in [1.82, 2.24) is 14.8 Å². The summed E-state index contributed by atoms with van der Waals surface area (Å²) in [5.74, 6) is 1.75. The summed E-state index contributed by atoms with van der Waals surface area (Å²) in [7, 11) is 0. The SMILES string of the molecule is CC(Sc1nnc(C2CC2)n1Cc1ccccc1)c1ccccc1. The topological polar surface area (TPSA) is 30.7 Å². The number of hydrogen-bond acceptors (Lipinski definition) is 3. The second kappa shape index (κ2) is 6.81. The van der Waals surface area contributed by atoms with Crippen molar-refractivity contribution >= 4 is 11.8 Å². The van der Waals surface area contributed by atoms with E-state index >= 15 is 0 Å². The summed E-state index contributed by atoms with van der Waals surface area (Å²) < 4.78 is 2.32. The van der Waals surface area contributed by atoms with Gasteiger partial charge in [-0.1, -0.05) is 72.4 Å². The summed E-state index contributed by atoms with van der Waals surface area (Å²) in [4.78, 5) is 0. The second-order valence-electron chi connectivity index (χ2n) is 6.36. The first-order valence-corrected chi connectivity index (χ1v) is 9.38. The Morgan fingerprint density at radius 1 is 1.00 bits per heavy atom. The van der Waals surface area contributed by atoms with Gasteiger partial charge in [-0.05, 0) is 30.9 Å². The summed E-state index contributed by atoms with van der Waals surface area (Å²) in [6.45, 7) is 3.09. The first-order chi connectivity index (χ1) is 11.8. The van der Waals surface area contributed by atoms with Crippen molar-refractivity contribution < 1.29 is 0 Å². The van der Waals surface area contributed by atoms with Crippen LogP contribution in [0.15, 0.2) is 65.8 Å². The molecule has 0 bridgehead atoms. The van der Waals surface area contributed by atoms with Gasteiger partial charge in [-0.15, -0.1) is 10.2 Å². The lowest BCUT2D eigenvalue weighted by Gasteiger charge is -2.14. The van der Waals surface area contributed by atoms with E-state index in [1.807, 2.05) is 0 Å². The Morgan fingerprint density at radius 3 is 2.33 bits per heavy atom. The maximum absolute atomic E-state index is 4.51. The van der Waals surface area contributed by atoms with Gasteiger partial charge in [0.2, 0.25) is 0 Å². The molecule has 3 nitrogen and oxygen atoms in total. The van der Waals surface area contributed by atoms with Crippen molar-refractivity contribution in [3.63, 3.8) is 0 Å². The Hall–Kier alpha value is -2.07. The molecule has 0 aliphatic heterocycles. The van der Waals surface area contributed by atoms with E-state index < -0.39 is 0 Å². The first-order valence-electron chi connectivity index (χ1n) is 8.50. The van der Waals surface area contributed by atoms with E-state index in [9.17, 15) is 0 Å². The van der Waals surface area contributed by atoms with Crippen molar-refractivity contribution in [3.8, 4) is 0 Å². The molecule has 0 radical (unpaired) electrons. The zero-order valence-electron chi connectivity index (χ0n) is 13.8. The van der Waals surface area contributed by atoms with Crippen LogP contribution in [-0.4, -0.2) is 14.8 Å². The van der Waals surface area contributed by atoms with Gasteiger partial charge < -0.3 is 4.57 Å². The molecule has 1 aromatic heterocycles. The van der Waals surface area contributed by atoms with E-state index in [1.165, 1.54) is 24.0 Å². The predicted molar refractivity (Wildman–Crippen MR) is 98.3 cm³/mol. The van der Waals surface area contributed by atoms with Crippen LogP contribution in [0.2, 0.25) is 0 Å². The zero-order valence-corrected chi connectivity index (χ0v) is 14.6. The molecule has 1 heterocycles. The Morgan fingerprint density at radius 2 is 1.67 bits per heavy atom. The van der Waals surface area contributed by atoms with Crippen LogP contribution in [0.4, 0.5) is 0 Å². The van der Waals surface area contributed by atoms with Crippen molar-refractivity contribution in [1.29, 1.82) is 0 Å². The molecule has 4 rings (SSSR count). The third kappa shape index (κ3) is 3.39. The third-order valence-electron chi connectivity index (χ3n) is 4.42. The summed E-state index contributed by atoms with van der Waals surface area (Å²) in [5, 5.41) is 10.4. The number of aromatic nitrogens is 3. The molecule has 0 spiro atoms. The van der Waals surface area contributed by atoms with Crippen LogP contribution in [0.1, 0.15) is 47.9 Å². The quantitative estimate of drug-likeness (QED) is 0.590. The lowest BCUT2D eigenvalue weighted by molar-refractivity contribution is 0.666. The molecule has 0 amide bonds. The molecule has 2 aromatic carbocycles. The molecular formula is C20H21N3S. The number of nitrogens with zero attached hydrogens (tertiary/aromatic N) is 3. The molecule has 1 aliphatic rings. The van der Waals surface area contributed by atoms with Gasteiger partial charge in [0.1, 0.15) is 5.82 Å². The van der Waals surface area contributed by atoms with Gasteiger partial charge in [0.05, 0.1) is 6.54 Å². The lowest BCUT2D eigenvalue weighted by atomic mass is 10.2. The molecular weight excluding hydrogens is 314 g/mol. The van der Waals surface area contributed by atoms with Crippen LogP contribution in [0.3, 0.4) is 0 Å². The average molecular weight is 335 g/mol. The molecule has 3 aromatic rings. The number of thioether (sulfide) groups is 1. The Balaban J connectivity index is 1.61. The minimum Gasteiger partial charge on any atom is -0.301 e. The van der Waals surface area contributed by atoms with Gasteiger partial charge in [0.15, 0.2) is 5.16 Å². The Bertz CT molecular complexity index is 794. The molecule has 1 aliphatic carbocycles. The number of rotatable bonds is 6. The average Bonchev–Trinajstić information content (AvgIpc) is 3.40. The van der Waals surface area contributed by atoms with Gasteiger partial charge in [-0.2, -0.15) is 0 Å². The smallest absolute Gasteiger partial charge is 0.192 e. The van der Waals surface area contributed by atoms with E-state index in [0.717, 1.165) is 17.5 Å². The van der Waals surface area contributed by atoms with Crippen molar-refractivity contribution in [3.05, 3.63) is 77.6 Å². The van der Waals surface area contributed by atoms with E-state index in [0.29, 0.717) is 11.2 Å². The van der Waals surface area contributed by atoms with Crippen molar-refractivity contribution in [2.24, 2.45) is 0 Å². The summed E-state index contributed by atoms with van der Waals surface area (Å²) in [6, 6.07) is 21.2. The fraction of sp³-hybridized carbons (Fsp3) is 0.300. The Kier molecular flexibility index (Phi) is 4.39. The van der Waals surface area contributed by atoms with Gasteiger partial charge in [-0.25, -0.2) is 0 Å².